The fourth-order valence-electron chi connectivity index (χ4n) is 1.32. The maximum atomic E-state index is 5.29. The van der Waals surface area contributed by atoms with Gasteiger partial charge in [0.2, 0.25) is 0 Å². The maximum absolute atomic E-state index is 5.29. The van der Waals surface area contributed by atoms with E-state index in [2.05, 4.69) is 29.6 Å². The third kappa shape index (κ3) is 1.56. The van der Waals surface area contributed by atoms with Gasteiger partial charge in [-0.2, -0.15) is 0 Å². The molecule has 0 fully saturated rings. The first-order valence-electron chi connectivity index (χ1n) is 4.09. The fourth-order valence-corrected chi connectivity index (χ4v) is 2.14. The third-order valence-corrected chi connectivity index (χ3v) is 2.80. The topological polar surface area (TPSA) is 0 Å². The van der Waals surface area contributed by atoms with Crippen LogP contribution in [0.2, 0.25) is 0 Å². The summed E-state index contributed by atoms with van der Waals surface area (Å²) in [6.45, 7) is 5.29. The zero-order chi connectivity index (χ0) is 9.10. The number of rotatable bonds is 2. The van der Waals surface area contributed by atoms with Crippen LogP contribution in [0.25, 0.3) is 16.2 Å². The number of benzene rings is 1. The lowest BCUT2D eigenvalue weighted by molar-refractivity contribution is 1.78. The Hall–Kier alpha value is -1.34. The van der Waals surface area contributed by atoms with Crippen molar-refractivity contribution in [1.29, 1.82) is 0 Å². The molecular weight excluding hydrogens is 176 g/mol. The molecule has 0 aliphatic heterocycles. The van der Waals surface area contributed by atoms with E-state index in [1.807, 2.05) is 12.2 Å². The van der Waals surface area contributed by atoms with Gasteiger partial charge in [-0.25, -0.2) is 0 Å². The van der Waals surface area contributed by atoms with Crippen LogP contribution < -0.4 is 0 Å². The highest BCUT2D eigenvalue weighted by Crippen LogP contribution is 2.24. The van der Waals surface area contributed by atoms with Gasteiger partial charge in [-0.05, 0) is 28.5 Å². The molecule has 0 amide bonds. The standard InChI is InChI=1S/C12H9S/c1-2-3-5-10-6-4-7-12-11(10)8-9-13-12/h1-9H. The maximum Gasteiger partial charge on any atom is 0.0348 e. The van der Waals surface area contributed by atoms with E-state index in [1.54, 1.807) is 17.4 Å². The molecule has 0 N–H and O–H groups in total. The average Bonchev–Trinajstić information content (AvgIpc) is 2.62. The summed E-state index contributed by atoms with van der Waals surface area (Å²) in [5.74, 6) is 0. The van der Waals surface area contributed by atoms with Gasteiger partial charge in [-0.1, -0.05) is 36.9 Å². The lowest BCUT2D eigenvalue weighted by Crippen LogP contribution is -1.70. The van der Waals surface area contributed by atoms with Crippen molar-refractivity contribution in [2.24, 2.45) is 0 Å². The van der Waals surface area contributed by atoms with Crippen molar-refractivity contribution >= 4 is 27.5 Å². The van der Waals surface area contributed by atoms with Crippen molar-refractivity contribution in [2.75, 3.05) is 0 Å². The molecule has 1 radical (unpaired) electrons. The molecule has 0 nitrogen and oxygen atoms in total. The molecule has 0 aliphatic carbocycles. The molecule has 63 valence electrons. The van der Waals surface area contributed by atoms with Gasteiger partial charge in [0.15, 0.2) is 0 Å². The monoisotopic (exact) mass is 185 g/mol. The predicted molar refractivity (Wildman–Crippen MR) is 59.7 cm³/mol. The molecule has 13 heavy (non-hydrogen) atoms. The van der Waals surface area contributed by atoms with Crippen LogP contribution >= 0.6 is 11.3 Å². The zero-order valence-corrected chi connectivity index (χ0v) is 7.92. The molecule has 0 atom stereocenters. The molecule has 0 saturated heterocycles. The quantitative estimate of drug-likeness (QED) is 0.622. The average molecular weight is 185 g/mol. The first-order chi connectivity index (χ1) is 6.42. The molecule has 2 aromatic rings. The van der Waals surface area contributed by atoms with E-state index in [0.717, 1.165) is 0 Å². The number of allylic oxidation sites excluding steroid dienone is 2. The van der Waals surface area contributed by atoms with Gasteiger partial charge in [0.05, 0.1) is 0 Å². The number of hydrogen-bond acceptors (Lipinski definition) is 1. The SMILES string of the molecule is [CH]=CC=Cc1cccc2sccc12. The van der Waals surface area contributed by atoms with Crippen molar-refractivity contribution in [2.45, 2.75) is 0 Å². The summed E-state index contributed by atoms with van der Waals surface area (Å²) in [7, 11) is 0. The summed E-state index contributed by atoms with van der Waals surface area (Å²) in [6, 6.07) is 8.42. The van der Waals surface area contributed by atoms with Crippen molar-refractivity contribution < 1.29 is 0 Å². The second kappa shape index (κ2) is 3.58. The van der Waals surface area contributed by atoms with E-state index in [-0.39, 0.29) is 0 Å². The lowest BCUT2D eigenvalue weighted by atomic mass is 10.1. The molecule has 0 spiro atoms. The first kappa shape index (κ1) is 8.27. The van der Waals surface area contributed by atoms with Crippen molar-refractivity contribution in [3.8, 4) is 0 Å². The molecule has 1 aromatic heterocycles. The Bertz CT molecular complexity index is 449. The zero-order valence-electron chi connectivity index (χ0n) is 7.10. The Morgan fingerprint density at radius 3 is 3.00 bits per heavy atom. The summed E-state index contributed by atoms with van der Waals surface area (Å²) in [4.78, 5) is 0. The smallest absolute Gasteiger partial charge is 0.0348 e. The number of hydrogen-bond donors (Lipinski definition) is 0. The summed E-state index contributed by atoms with van der Waals surface area (Å²) >= 11 is 1.76. The van der Waals surface area contributed by atoms with Crippen LogP contribution in [0.5, 0.6) is 0 Å². The molecule has 1 heteroatoms. The van der Waals surface area contributed by atoms with E-state index in [9.17, 15) is 0 Å². The van der Waals surface area contributed by atoms with Gasteiger partial charge in [0.25, 0.3) is 0 Å². The highest BCUT2D eigenvalue weighted by Gasteiger charge is 1.96. The van der Waals surface area contributed by atoms with E-state index in [0.29, 0.717) is 0 Å². The largest absolute Gasteiger partial charge is 0.144 e. The Morgan fingerprint density at radius 1 is 1.23 bits per heavy atom. The molecule has 0 saturated carbocycles. The highest BCUT2D eigenvalue weighted by molar-refractivity contribution is 7.17. The highest BCUT2D eigenvalue weighted by atomic mass is 32.1. The number of thiophene rings is 1. The Balaban J connectivity index is 2.60. The normalized spacial score (nSPS) is 11.1. The van der Waals surface area contributed by atoms with Gasteiger partial charge in [-0.15, -0.1) is 11.3 Å². The van der Waals surface area contributed by atoms with Crippen LogP contribution in [0.15, 0.2) is 41.8 Å². The third-order valence-electron chi connectivity index (χ3n) is 1.92. The van der Waals surface area contributed by atoms with Crippen LogP contribution in [0.3, 0.4) is 0 Å². The summed E-state index contributed by atoms with van der Waals surface area (Å²) < 4.78 is 1.32. The fraction of sp³-hybridized carbons (Fsp3) is 0. The Kier molecular flexibility index (Phi) is 2.28. The molecule has 1 aromatic carbocycles. The molecule has 0 unspecified atom stereocenters. The second-order valence-electron chi connectivity index (χ2n) is 2.73. The van der Waals surface area contributed by atoms with Gasteiger partial charge in [0.1, 0.15) is 0 Å². The van der Waals surface area contributed by atoms with Gasteiger partial charge < -0.3 is 0 Å². The predicted octanol–water partition coefficient (Wildman–Crippen LogP) is 3.90. The minimum absolute atomic E-state index is 1.22. The summed E-state index contributed by atoms with van der Waals surface area (Å²) in [5.41, 5.74) is 1.22. The van der Waals surface area contributed by atoms with Crippen molar-refractivity contribution in [3.63, 3.8) is 0 Å². The molecular formula is C12H9S. The van der Waals surface area contributed by atoms with Gasteiger partial charge in [-0.3, -0.25) is 0 Å². The van der Waals surface area contributed by atoms with Crippen LogP contribution in [0.4, 0.5) is 0 Å². The first-order valence-corrected chi connectivity index (χ1v) is 4.97. The number of fused-ring (bicyclic) bond motifs is 1. The van der Waals surface area contributed by atoms with Crippen molar-refractivity contribution in [3.05, 3.63) is 53.9 Å². The van der Waals surface area contributed by atoms with Gasteiger partial charge in [0, 0.05) is 4.70 Å². The molecule has 2 rings (SSSR count). The van der Waals surface area contributed by atoms with Crippen LogP contribution in [0, 0.1) is 6.58 Å². The van der Waals surface area contributed by atoms with E-state index >= 15 is 0 Å². The van der Waals surface area contributed by atoms with Crippen LogP contribution in [-0.4, -0.2) is 0 Å². The van der Waals surface area contributed by atoms with Crippen LogP contribution in [-0.2, 0) is 0 Å². The molecule has 0 aliphatic rings. The summed E-state index contributed by atoms with van der Waals surface area (Å²) in [6.07, 6.45) is 5.42. The lowest BCUT2D eigenvalue weighted by Gasteiger charge is -1.94. The van der Waals surface area contributed by atoms with Crippen molar-refractivity contribution in [1.82, 2.24) is 0 Å². The minimum Gasteiger partial charge on any atom is -0.144 e. The van der Waals surface area contributed by atoms with E-state index in [4.69, 9.17) is 6.58 Å². The van der Waals surface area contributed by atoms with Gasteiger partial charge >= 0.3 is 0 Å². The molecule has 1 heterocycles. The Morgan fingerprint density at radius 2 is 2.15 bits per heavy atom. The van der Waals surface area contributed by atoms with E-state index in [1.165, 1.54) is 15.6 Å². The van der Waals surface area contributed by atoms with E-state index < -0.39 is 0 Å². The summed E-state index contributed by atoms with van der Waals surface area (Å²) in [5, 5.41) is 3.40. The van der Waals surface area contributed by atoms with Crippen LogP contribution in [0.1, 0.15) is 5.56 Å². The minimum atomic E-state index is 1.22. The molecule has 0 bridgehead atoms. The Labute approximate surface area is 81.8 Å². The second-order valence-corrected chi connectivity index (χ2v) is 3.68.